The molecule has 2 aromatic carbocycles. The number of amides is 1. The lowest BCUT2D eigenvalue weighted by Gasteiger charge is -2.17. The number of likely N-dealkylation sites (tertiary alicyclic amines) is 1. The summed E-state index contributed by atoms with van der Waals surface area (Å²) in [4.78, 5) is 14.2. The van der Waals surface area contributed by atoms with E-state index < -0.39 is 5.82 Å². The molecule has 0 bridgehead atoms. The molecule has 2 heterocycles. The summed E-state index contributed by atoms with van der Waals surface area (Å²) in [5, 5.41) is 8.13. The van der Waals surface area contributed by atoms with Crippen LogP contribution in [0.15, 0.2) is 48.8 Å². The lowest BCUT2D eigenvalue weighted by molar-refractivity contribution is -0.131. The van der Waals surface area contributed by atoms with E-state index >= 15 is 0 Å². The minimum absolute atomic E-state index is 0.239. The lowest BCUT2D eigenvalue weighted by Crippen LogP contribution is -2.30. The molecule has 1 saturated heterocycles. The van der Waals surface area contributed by atoms with Crippen molar-refractivity contribution >= 4 is 5.91 Å². The molecule has 1 amide bonds. The molecule has 1 unspecified atom stereocenters. The van der Waals surface area contributed by atoms with Gasteiger partial charge in [-0.2, -0.15) is 0 Å². The van der Waals surface area contributed by atoms with Gasteiger partial charge in [0, 0.05) is 25.6 Å². The van der Waals surface area contributed by atoms with E-state index in [0.29, 0.717) is 29.4 Å². The normalized spacial score (nSPS) is 18.7. The van der Waals surface area contributed by atoms with Gasteiger partial charge in [-0.3, -0.25) is 4.79 Å². The number of benzene rings is 2. The van der Waals surface area contributed by atoms with Gasteiger partial charge in [-0.25, -0.2) is 8.78 Å². The van der Waals surface area contributed by atoms with Crippen LogP contribution in [0.3, 0.4) is 0 Å². The zero-order valence-corrected chi connectivity index (χ0v) is 16.5. The van der Waals surface area contributed by atoms with Crippen molar-refractivity contribution in [1.82, 2.24) is 19.7 Å². The van der Waals surface area contributed by atoms with Gasteiger partial charge in [0.1, 0.15) is 18.0 Å². The van der Waals surface area contributed by atoms with Crippen molar-refractivity contribution in [1.29, 1.82) is 0 Å². The van der Waals surface area contributed by atoms with Crippen molar-refractivity contribution in [2.45, 2.75) is 25.8 Å². The van der Waals surface area contributed by atoms with Crippen LogP contribution in [-0.2, 0) is 11.3 Å². The van der Waals surface area contributed by atoms with Crippen LogP contribution in [0, 0.1) is 23.5 Å². The van der Waals surface area contributed by atoms with Crippen LogP contribution in [0.4, 0.5) is 8.78 Å². The van der Waals surface area contributed by atoms with E-state index in [1.165, 1.54) is 18.2 Å². The number of carbonyl (C=O) groups is 1. The summed E-state index contributed by atoms with van der Waals surface area (Å²) in [6, 6.07) is 10.9. The van der Waals surface area contributed by atoms with E-state index in [1.54, 1.807) is 30.6 Å². The number of halogens is 2. The SMILES string of the molecule is O=C(C1CC1)N1CCC(Cn2cnnc2-c2ccc(-c3ccc(F)cc3)cc2F)C1. The number of nitrogens with zero attached hydrogens (tertiary/aromatic N) is 4. The summed E-state index contributed by atoms with van der Waals surface area (Å²) in [6.07, 6.45) is 4.58. The molecule has 1 saturated carbocycles. The van der Waals surface area contributed by atoms with E-state index in [-0.39, 0.29) is 17.6 Å². The summed E-state index contributed by atoms with van der Waals surface area (Å²) >= 11 is 0. The first-order valence-corrected chi connectivity index (χ1v) is 10.3. The molecular weight excluding hydrogens is 386 g/mol. The fourth-order valence-corrected chi connectivity index (χ4v) is 4.16. The molecule has 7 heteroatoms. The molecule has 5 rings (SSSR count). The minimum atomic E-state index is -0.400. The average molecular weight is 408 g/mol. The minimum Gasteiger partial charge on any atom is -0.342 e. The first-order chi connectivity index (χ1) is 14.6. The fourth-order valence-electron chi connectivity index (χ4n) is 4.16. The van der Waals surface area contributed by atoms with Gasteiger partial charge in [0.2, 0.25) is 5.91 Å². The van der Waals surface area contributed by atoms with Crippen molar-refractivity contribution in [3.8, 4) is 22.5 Å². The topological polar surface area (TPSA) is 51.0 Å². The molecule has 2 aliphatic rings. The second kappa shape index (κ2) is 7.63. The molecule has 0 spiro atoms. The summed E-state index contributed by atoms with van der Waals surface area (Å²) < 4.78 is 29.9. The molecular formula is C23H22F2N4O. The molecule has 2 fully saturated rings. The van der Waals surface area contributed by atoms with Crippen LogP contribution < -0.4 is 0 Å². The van der Waals surface area contributed by atoms with Crippen molar-refractivity contribution in [2.75, 3.05) is 13.1 Å². The van der Waals surface area contributed by atoms with Crippen molar-refractivity contribution in [3.63, 3.8) is 0 Å². The maximum absolute atomic E-state index is 14.9. The molecule has 1 aromatic heterocycles. The van der Waals surface area contributed by atoms with Gasteiger partial charge in [-0.15, -0.1) is 10.2 Å². The fraction of sp³-hybridized carbons (Fsp3) is 0.348. The molecule has 0 radical (unpaired) electrons. The number of carbonyl (C=O) groups excluding carboxylic acids is 1. The Hall–Kier alpha value is -3.09. The second-order valence-corrected chi connectivity index (χ2v) is 8.22. The van der Waals surface area contributed by atoms with Gasteiger partial charge < -0.3 is 9.47 Å². The van der Waals surface area contributed by atoms with Crippen LogP contribution in [-0.4, -0.2) is 38.7 Å². The number of aromatic nitrogens is 3. The number of hydrogen-bond donors (Lipinski definition) is 0. The molecule has 1 aliphatic heterocycles. The van der Waals surface area contributed by atoms with Crippen LogP contribution in [0.25, 0.3) is 22.5 Å². The predicted molar refractivity (Wildman–Crippen MR) is 108 cm³/mol. The van der Waals surface area contributed by atoms with E-state index in [4.69, 9.17) is 0 Å². The molecule has 1 atom stereocenters. The predicted octanol–water partition coefficient (Wildman–Crippen LogP) is 4.15. The zero-order valence-electron chi connectivity index (χ0n) is 16.5. The Morgan fingerprint density at radius 2 is 1.80 bits per heavy atom. The van der Waals surface area contributed by atoms with E-state index in [9.17, 15) is 13.6 Å². The quantitative estimate of drug-likeness (QED) is 0.637. The van der Waals surface area contributed by atoms with Crippen LogP contribution in [0.2, 0.25) is 0 Å². The second-order valence-electron chi connectivity index (χ2n) is 8.22. The van der Waals surface area contributed by atoms with Crippen LogP contribution >= 0.6 is 0 Å². The Morgan fingerprint density at radius 3 is 2.53 bits per heavy atom. The number of hydrogen-bond acceptors (Lipinski definition) is 3. The molecule has 5 nitrogen and oxygen atoms in total. The molecule has 1 aliphatic carbocycles. The maximum Gasteiger partial charge on any atom is 0.225 e. The highest BCUT2D eigenvalue weighted by Crippen LogP contribution is 2.33. The maximum atomic E-state index is 14.9. The van der Waals surface area contributed by atoms with Crippen molar-refractivity contribution < 1.29 is 13.6 Å². The van der Waals surface area contributed by atoms with E-state index in [1.807, 2.05) is 9.47 Å². The first kappa shape index (κ1) is 18.9. The van der Waals surface area contributed by atoms with Gasteiger partial charge in [0.15, 0.2) is 5.82 Å². The molecule has 30 heavy (non-hydrogen) atoms. The number of rotatable bonds is 5. The largest absolute Gasteiger partial charge is 0.342 e. The Morgan fingerprint density at radius 1 is 1.03 bits per heavy atom. The molecule has 0 N–H and O–H groups in total. The molecule has 3 aromatic rings. The lowest BCUT2D eigenvalue weighted by atomic mass is 10.0. The Bertz CT molecular complexity index is 1080. The Balaban J connectivity index is 1.33. The highest BCUT2D eigenvalue weighted by Gasteiger charge is 2.36. The van der Waals surface area contributed by atoms with Gasteiger partial charge in [-0.05, 0) is 60.6 Å². The van der Waals surface area contributed by atoms with Gasteiger partial charge in [0.05, 0.1) is 5.56 Å². The standard InChI is InChI=1S/C23H22F2N4O/c24-19-6-3-16(4-7-19)18-5-8-20(21(25)11-18)22-27-26-14-29(22)13-15-9-10-28(12-15)23(30)17-1-2-17/h3-8,11,14-15,17H,1-2,9-10,12-13H2. The smallest absolute Gasteiger partial charge is 0.225 e. The summed E-state index contributed by atoms with van der Waals surface area (Å²) in [5.41, 5.74) is 1.80. The molecule has 154 valence electrons. The van der Waals surface area contributed by atoms with Crippen molar-refractivity contribution in [2.24, 2.45) is 11.8 Å². The van der Waals surface area contributed by atoms with Crippen LogP contribution in [0.5, 0.6) is 0 Å². The zero-order chi connectivity index (χ0) is 20.7. The van der Waals surface area contributed by atoms with Gasteiger partial charge in [-0.1, -0.05) is 18.2 Å². The van der Waals surface area contributed by atoms with Crippen LogP contribution in [0.1, 0.15) is 19.3 Å². The third-order valence-electron chi connectivity index (χ3n) is 5.98. The Kier molecular flexibility index (Phi) is 4.81. The summed E-state index contributed by atoms with van der Waals surface area (Å²) in [7, 11) is 0. The van der Waals surface area contributed by atoms with Crippen molar-refractivity contribution in [3.05, 3.63) is 60.4 Å². The van der Waals surface area contributed by atoms with Gasteiger partial charge in [0.25, 0.3) is 0 Å². The monoisotopic (exact) mass is 408 g/mol. The van der Waals surface area contributed by atoms with Gasteiger partial charge >= 0.3 is 0 Å². The highest BCUT2D eigenvalue weighted by atomic mass is 19.1. The summed E-state index contributed by atoms with van der Waals surface area (Å²) in [5.74, 6) is 0.581. The summed E-state index contributed by atoms with van der Waals surface area (Å²) in [6.45, 7) is 2.17. The first-order valence-electron chi connectivity index (χ1n) is 10.3. The third kappa shape index (κ3) is 3.72. The average Bonchev–Trinajstić information content (AvgIpc) is 3.33. The highest BCUT2D eigenvalue weighted by molar-refractivity contribution is 5.81. The Labute approximate surface area is 173 Å². The van der Waals surface area contributed by atoms with E-state index in [0.717, 1.165) is 37.9 Å². The third-order valence-corrected chi connectivity index (χ3v) is 5.98. The van der Waals surface area contributed by atoms with E-state index in [2.05, 4.69) is 10.2 Å².